The number of aliphatic hydroxyl groups excluding tert-OH is 1. The normalized spacial score (nSPS) is 14.4. The van der Waals surface area contributed by atoms with Gasteiger partial charge in [0.05, 0.1) is 26.4 Å². The summed E-state index contributed by atoms with van der Waals surface area (Å²) in [6, 6.07) is 0. The summed E-state index contributed by atoms with van der Waals surface area (Å²) in [7, 11) is -9.91. The molecule has 0 aliphatic carbocycles. The van der Waals surface area contributed by atoms with Crippen LogP contribution in [0.4, 0.5) is 0 Å². The molecule has 0 aromatic carbocycles. The van der Waals surface area contributed by atoms with Crippen LogP contribution in [0.15, 0.2) is 0 Å². The maximum absolute atomic E-state index is 13.1. The van der Waals surface area contributed by atoms with E-state index in [1.54, 1.807) is 0 Å². The van der Waals surface area contributed by atoms with E-state index in [1.165, 1.54) is 173 Å². The molecule has 0 bridgehead atoms. The molecule has 0 rings (SSSR count). The fraction of sp³-hybridized carbons (Fsp3) is 0.945. The number of phosphoric acid groups is 2. The number of unbranched alkanes of at least 4 members (excludes halogenated alkanes) is 38. The van der Waals surface area contributed by atoms with Crippen molar-refractivity contribution >= 4 is 39.5 Å². The standard InChI is InChI=1S/C73H142O17P2/c1-8-10-11-12-13-14-15-16-17-21-28-33-42-49-56-73(78)90-69(61-84-71(76)55-48-41-36-35-38-45-52-65(5)6)63-88-92(81,82)86-59-67(74)58-85-91(79,80)87-62-68(60-83-70(75)54-47-40-32-27-24-23-26-31-39-46-53-66(7)9-2)89-72(77)57-50-43-34-29-22-19-18-20-25-30-37-44-51-64(3)4/h64-69,74H,8-63H2,1-7H3,(H,79,80)(H,81,82)/t66?,67-,68-,69-/m1/s1. The van der Waals surface area contributed by atoms with Gasteiger partial charge in [-0.3, -0.25) is 37.3 Å². The molecule has 0 aromatic heterocycles. The van der Waals surface area contributed by atoms with Gasteiger partial charge in [0.2, 0.25) is 0 Å². The van der Waals surface area contributed by atoms with Crippen LogP contribution in [-0.4, -0.2) is 96.7 Å². The number of esters is 4. The topological polar surface area (TPSA) is 237 Å². The maximum atomic E-state index is 13.1. The first-order valence-electron chi connectivity index (χ1n) is 37.9. The lowest BCUT2D eigenvalue weighted by molar-refractivity contribution is -0.161. The second kappa shape index (κ2) is 63.8. The molecule has 0 aromatic rings. The van der Waals surface area contributed by atoms with Gasteiger partial charge in [-0.2, -0.15) is 0 Å². The van der Waals surface area contributed by atoms with Crippen LogP contribution in [0.5, 0.6) is 0 Å². The molecule has 0 aliphatic rings. The monoisotopic (exact) mass is 1350 g/mol. The highest BCUT2D eigenvalue weighted by Crippen LogP contribution is 2.45. The zero-order chi connectivity index (χ0) is 68.0. The SMILES string of the molecule is CCCCCCCCCCCCCCCCC(=O)O[C@H](COC(=O)CCCCCCCCC(C)C)COP(=O)(O)OC[C@H](O)COP(=O)(O)OC[C@@H](COC(=O)CCCCCCCCCCCCC(C)CC)OC(=O)CCCCCCCCCCCCCCC(C)C. The average molecular weight is 1350 g/mol. The third-order valence-corrected chi connectivity index (χ3v) is 19.1. The molecule has 17 nitrogen and oxygen atoms in total. The quantitative estimate of drug-likeness (QED) is 0.0222. The van der Waals surface area contributed by atoms with Crippen LogP contribution in [0.1, 0.15) is 370 Å². The Labute approximate surface area is 562 Å². The molecular formula is C73H142O17P2. The maximum Gasteiger partial charge on any atom is 0.472 e. The number of carbonyl (C=O) groups excluding carboxylic acids is 4. The summed E-state index contributed by atoms with van der Waals surface area (Å²) in [6.07, 6.45) is 48.5. The minimum Gasteiger partial charge on any atom is -0.462 e. The van der Waals surface area contributed by atoms with E-state index in [0.29, 0.717) is 31.6 Å². The van der Waals surface area contributed by atoms with Gasteiger partial charge in [-0.25, -0.2) is 9.13 Å². The Kier molecular flexibility index (Phi) is 62.4. The van der Waals surface area contributed by atoms with Gasteiger partial charge in [-0.15, -0.1) is 0 Å². The molecule has 0 saturated heterocycles. The fourth-order valence-corrected chi connectivity index (χ4v) is 12.6. The molecule has 0 spiro atoms. The van der Waals surface area contributed by atoms with E-state index in [0.717, 1.165) is 108 Å². The van der Waals surface area contributed by atoms with E-state index >= 15 is 0 Å². The summed E-state index contributed by atoms with van der Waals surface area (Å²) in [4.78, 5) is 72.7. The predicted molar refractivity (Wildman–Crippen MR) is 372 cm³/mol. The molecule has 19 heteroatoms. The van der Waals surface area contributed by atoms with Gasteiger partial charge in [-0.1, -0.05) is 318 Å². The number of hydrogen-bond acceptors (Lipinski definition) is 15. The third-order valence-electron chi connectivity index (χ3n) is 17.2. The van der Waals surface area contributed by atoms with Crippen molar-refractivity contribution in [2.24, 2.45) is 17.8 Å². The first kappa shape index (κ1) is 90.1. The van der Waals surface area contributed by atoms with Crippen LogP contribution in [0, 0.1) is 17.8 Å². The van der Waals surface area contributed by atoms with E-state index < -0.39 is 97.5 Å². The minimum atomic E-state index is -4.95. The van der Waals surface area contributed by atoms with Crippen molar-refractivity contribution in [3.05, 3.63) is 0 Å². The Morgan fingerprint density at radius 1 is 0.315 bits per heavy atom. The smallest absolute Gasteiger partial charge is 0.462 e. The lowest BCUT2D eigenvalue weighted by atomic mass is 9.99. The second-order valence-electron chi connectivity index (χ2n) is 27.5. The third kappa shape index (κ3) is 65.4. The van der Waals surface area contributed by atoms with E-state index in [1.807, 2.05) is 0 Å². The first-order valence-corrected chi connectivity index (χ1v) is 40.9. The zero-order valence-electron chi connectivity index (χ0n) is 60.0. The highest BCUT2D eigenvalue weighted by Gasteiger charge is 2.30. The van der Waals surface area contributed by atoms with Crippen LogP contribution in [0.3, 0.4) is 0 Å². The number of rotatable bonds is 71. The van der Waals surface area contributed by atoms with Crippen molar-refractivity contribution in [3.8, 4) is 0 Å². The summed E-state index contributed by atoms with van der Waals surface area (Å²) >= 11 is 0. The molecule has 0 radical (unpaired) electrons. The van der Waals surface area contributed by atoms with E-state index in [2.05, 4.69) is 48.5 Å². The van der Waals surface area contributed by atoms with Crippen LogP contribution < -0.4 is 0 Å². The molecule has 0 fully saturated rings. The molecular weight excluding hydrogens is 1210 g/mol. The second-order valence-corrected chi connectivity index (χ2v) is 30.4. The van der Waals surface area contributed by atoms with Gasteiger partial charge in [0.25, 0.3) is 0 Å². The van der Waals surface area contributed by atoms with Crippen molar-refractivity contribution in [2.75, 3.05) is 39.6 Å². The molecule has 546 valence electrons. The fourth-order valence-electron chi connectivity index (χ4n) is 11.0. The van der Waals surface area contributed by atoms with Crippen molar-refractivity contribution in [1.82, 2.24) is 0 Å². The van der Waals surface area contributed by atoms with Crippen LogP contribution in [-0.2, 0) is 65.4 Å². The molecule has 0 amide bonds. The van der Waals surface area contributed by atoms with Crippen molar-refractivity contribution < 1.29 is 80.2 Å². The molecule has 6 atom stereocenters. The van der Waals surface area contributed by atoms with Gasteiger partial charge in [0, 0.05) is 25.7 Å². The summed E-state index contributed by atoms with van der Waals surface area (Å²) < 4.78 is 68.4. The van der Waals surface area contributed by atoms with E-state index in [-0.39, 0.29) is 25.7 Å². The van der Waals surface area contributed by atoms with Crippen molar-refractivity contribution in [2.45, 2.75) is 388 Å². The summed E-state index contributed by atoms with van der Waals surface area (Å²) in [5.41, 5.74) is 0. The molecule has 0 heterocycles. The molecule has 0 aliphatic heterocycles. The van der Waals surface area contributed by atoms with E-state index in [4.69, 9.17) is 37.0 Å². The predicted octanol–water partition coefficient (Wildman–Crippen LogP) is 21.0. The Bertz CT molecular complexity index is 1800. The van der Waals surface area contributed by atoms with Gasteiger partial charge < -0.3 is 33.8 Å². The van der Waals surface area contributed by atoms with Crippen LogP contribution in [0.2, 0.25) is 0 Å². The number of aliphatic hydroxyl groups is 1. The Hall–Kier alpha value is -1.94. The van der Waals surface area contributed by atoms with Gasteiger partial charge in [0.15, 0.2) is 12.2 Å². The molecule has 0 saturated carbocycles. The lowest BCUT2D eigenvalue weighted by Crippen LogP contribution is -2.30. The Morgan fingerprint density at radius 2 is 0.554 bits per heavy atom. The van der Waals surface area contributed by atoms with Crippen LogP contribution in [0.25, 0.3) is 0 Å². The highest BCUT2D eigenvalue weighted by atomic mass is 31.2. The Morgan fingerprint density at radius 3 is 0.826 bits per heavy atom. The van der Waals surface area contributed by atoms with Gasteiger partial charge in [-0.05, 0) is 43.4 Å². The first-order chi connectivity index (χ1) is 44.3. The molecule has 3 unspecified atom stereocenters. The molecule has 92 heavy (non-hydrogen) atoms. The highest BCUT2D eigenvalue weighted by molar-refractivity contribution is 7.47. The number of carbonyl (C=O) groups is 4. The number of ether oxygens (including phenoxy) is 4. The number of hydrogen-bond donors (Lipinski definition) is 3. The largest absolute Gasteiger partial charge is 0.472 e. The lowest BCUT2D eigenvalue weighted by Gasteiger charge is -2.21. The minimum absolute atomic E-state index is 0.106. The van der Waals surface area contributed by atoms with E-state index in [9.17, 15) is 43.2 Å². The van der Waals surface area contributed by atoms with Gasteiger partial charge >= 0.3 is 39.5 Å². The summed E-state index contributed by atoms with van der Waals surface area (Å²) in [5, 5.41) is 10.6. The van der Waals surface area contributed by atoms with Crippen molar-refractivity contribution in [1.29, 1.82) is 0 Å². The summed E-state index contributed by atoms with van der Waals surface area (Å²) in [5.74, 6) is 0.143. The summed E-state index contributed by atoms with van der Waals surface area (Å²) in [6.45, 7) is 11.8. The van der Waals surface area contributed by atoms with Crippen molar-refractivity contribution in [3.63, 3.8) is 0 Å². The Balaban J connectivity index is 5.25. The van der Waals surface area contributed by atoms with Gasteiger partial charge in [0.1, 0.15) is 19.3 Å². The zero-order valence-corrected chi connectivity index (χ0v) is 61.8. The average Bonchev–Trinajstić information content (AvgIpc) is 1.72. The number of phosphoric ester groups is 2. The van der Waals surface area contributed by atoms with Crippen LogP contribution >= 0.6 is 15.6 Å². The molecule has 3 N–H and O–H groups in total.